The van der Waals surface area contributed by atoms with Crippen LogP contribution in [0.1, 0.15) is 54.9 Å². The van der Waals surface area contributed by atoms with E-state index in [0.717, 1.165) is 23.4 Å². The zero-order valence-electron chi connectivity index (χ0n) is 16.1. The molecule has 2 aromatic rings. The summed E-state index contributed by atoms with van der Waals surface area (Å²) in [5.41, 5.74) is 2.51. The Hall–Kier alpha value is -2.40. The van der Waals surface area contributed by atoms with Gasteiger partial charge in [0.15, 0.2) is 5.11 Å². The molecule has 4 nitrogen and oxygen atoms in total. The van der Waals surface area contributed by atoms with Crippen LogP contribution < -0.4 is 15.4 Å². The lowest BCUT2D eigenvalue weighted by Gasteiger charge is -2.11. The monoisotopic (exact) mass is 384 g/mol. The molecule has 0 aromatic heterocycles. The summed E-state index contributed by atoms with van der Waals surface area (Å²) in [7, 11) is 0. The van der Waals surface area contributed by atoms with Gasteiger partial charge in [-0.25, -0.2) is 0 Å². The van der Waals surface area contributed by atoms with Gasteiger partial charge in [-0.3, -0.25) is 10.1 Å². The molecule has 27 heavy (non-hydrogen) atoms. The average Bonchev–Trinajstić information content (AvgIpc) is 2.65. The number of benzene rings is 2. The Bertz CT molecular complexity index is 744. The number of hydrogen-bond donors (Lipinski definition) is 2. The van der Waals surface area contributed by atoms with Gasteiger partial charge >= 0.3 is 0 Å². The van der Waals surface area contributed by atoms with Gasteiger partial charge in [0.1, 0.15) is 5.75 Å². The number of anilines is 1. The molecular formula is C22H28N2O2S. The number of hydrogen-bond acceptors (Lipinski definition) is 3. The molecule has 0 aliphatic rings. The second-order valence-corrected chi connectivity index (χ2v) is 6.97. The van der Waals surface area contributed by atoms with E-state index in [-0.39, 0.29) is 11.0 Å². The first-order valence-electron chi connectivity index (χ1n) is 9.50. The molecule has 0 aliphatic carbocycles. The van der Waals surface area contributed by atoms with Gasteiger partial charge in [0.05, 0.1) is 6.61 Å². The first kappa shape index (κ1) is 20.9. The summed E-state index contributed by atoms with van der Waals surface area (Å²) in [4.78, 5) is 12.3. The van der Waals surface area contributed by atoms with E-state index in [2.05, 4.69) is 17.6 Å². The lowest BCUT2D eigenvalue weighted by molar-refractivity contribution is 0.0977. The molecule has 0 bridgehead atoms. The second kappa shape index (κ2) is 11.3. The number of amides is 1. The van der Waals surface area contributed by atoms with E-state index in [4.69, 9.17) is 17.0 Å². The lowest BCUT2D eigenvalue weighted by atomic mass is 10.2. The Kier molecular flexibility index (Phi) is 8.78. The van der Waals surface area contributed by atoms with Crippen LogP contribution in [0.2, 0.25) is 0 Å². The summed E-state index contributed by atoms with van der Waals surface area (Å²) in [5.74, 6) is 0.536. The van der Waals surface area contributed by atoms with Crippen molar-refractivity contribution in [1.82, 2.24) is 5.32 Å². The fraction of sp³-hybridized carbons (Fsp3) is 0.364. The summed E-state index contributed by atoms with van der Waals surface area (Å²) in [5, 5.41) is 5.99. The number of carbonyl (C=O) groups is 1. The zero-order chi connectivity index (χ0) is 19.5. The molecule has 0 saturated heterocycles. The van der Waals surface area contributed by atoms with Crippen molar-refractivity contribution in [3.8, 4) is 5.75 Å². The summed E-state index contributed by atoms with van der Waals surface area (Å²) < 4.78 is 5.72. The van der Waals surface area contributed by atoms with Gasteiger partial charge in [-0.05, 0) is 67.5 Å². The fourth-order valence-electron chi connectivity index (χ4n) is 2.66. The minimum Gasteiger partial charge on any atom is -0.494 e. The van der Waals surface area contributed by atoms with E-state index in [1.807, 2.05) is 43.3 Å². The molecule has 5 heteroatoms. The van der Waals surface area contributed by atoms with Gasteiger partial charge in [-0.2, -0.15) is 0 Å². The van der Waals surface area contributed by atoms with Crippen LogP contribution in [0.4, 0.5) is 5.69 Å². The predicted octanol–water partition coefficient (Wildman–Crippen LogP) is 5.47. The first-order valence-corrected chi connectivity index (χ1v) is 9.91. The maximum atomic E-state index is 12.3. The fourth-order valence-corrected chi connectivity index (χ4v) is 2.87. The molecule has 2 N–H and O–H groups in total. The Balaban J connectivity index is 1.76. The Morgan fingerprint density at radius 2 is 1.78 bits per heavy atom. The van der Waals surface area contributed by atoms with Crippen LogP contribution in [0.3, 0.4) is 0 Å². The van der Waals surface area contributed by atoms with Crippen LogP contribution in [-0.2, 0) is 0 Å². The predicted molar refractivity (Wildman–Crippen MR) is 116 cm³/mol. The molecule has 0 heterocycles. The molecule has 144 valence electrons. The Morgan fingerprint density at radius 3 is 2.48 bits per heavy atom. The standard InChI is InChI=1S/C22H28N2O2S/c1-3-4-5-6-7-15-26-20-13-11-18(12-14-20)21(25)24-22(27)23-19-10-8-9-17(2)16-19/h8-14,16H,3-7,15H2,1-2H3,(H2,23,24,25,27). The van der Waals surface area contributed by atoms with E-state index in [1.54, 1.807) is 12.1 Å². The average molecular weight is 385 g/mol. The van der Waals surface area contributed by atoms with Crippen LogP contribution in [0.5, 0.6) is 5.75 Å². The molecular weight excluding hydrogens is 356 g/mol. The highest BCUT2D eigenvalue weighted by atomic mass is 32.1. The van der Waals surface area contributed by atoms with Crippen LogP contribution in [0, 0.1) is 6.92 Å². The van der Waals surface area contributed by atoms with Gasteiger partial charge in [0, 0.05) is 11.3 Å². The van der Waals surface area contributed by atoms with Gasteiger partial charge in [0.25, 0.3) is 5.91 Å². The number of nitrogens with one attached hydrogen (secondary N) is 2. The van der Waals surface area contributed by atoms with Crippen molar-refractivity contribution in [3.63, 3.8) is 0 Å². The highest BCUT2D eigenvalue weighted by molar-refractivity contribution is 7.80. The number of rotatable bonds is 9. The van der Waals surface area contributed by atoms with Crippen LogP contribution in [0.25, 0.3) is 0 Å². The molecule has 2 aromatic carbocycles. The van der Waals surface area contributed by atoms with Crippen molar-refractivity contribution >= 4 is 28.9 Å². The van der Waals surface area contributed by atoms with Gasteiger partial charge in [-0.1, -0.05) is 44.7 Å². The molecule has 0 fully saturated rings. The van der Waals surface area contributed by atoms with Crippen molar-refractivity contribution in [2.24, 2.45) is 0 Å². The van der Waals surface area contributed by atoms with Crippen molar-refractivity contribution in [1.29, 1.82) is 0 Å². The smallest absolute Gasteiger partial charge is 0.257 e. The normalized spacial score (nSPS) is 10.3. The summed E-state index contributed by atoms with van der Waals surface area (Å²) in [6, 6.07) is 14.9. The minimum absolute atomic E-state index is 0.244. The molecule has 2 rings (SSSR count). The molecule has 0 unspecified atom stereocenters. The zero-order valence-corrected chi connectivity index (χ0v) is 16.9. The molecule has 0 saturated carbocycles. The third kappa shape index (κ3) is 7.79. The van der Waals surface area contributed by atoms with Gasteiger partial charge in [0.2, 0.25) is 0 Å². The number of carbonyl (C=O) groups excluding carboxylic acids is 1. The molecule has 0 aliphatic heterocycles. The van der Waals surface area contributed by atoms with E-state index in [9.17, 15) is 4.79 Å². The van der Waals surface area contributed by atoms with E-state index in [0.29, 0.717) is 12.2 Å². The highest BCUT2D eigenvalue weighted by Crippen LogP contribution is 2.14. The third-order valence-electron chi connectivity index (χ3n) is 4.14. The number of thiocarbonyl (C=S) groups is 1. The van der Waals surface area contributed by atoms with Crippen LogP contribution in [-0.4, -0.2) is 17.6 Å². The maximum absolute atomic E-state index is 12.3. The lowest BCUT2D eigenvalue weighted by Crippen LogP contribution is -2.34. The Morgan fingerprint density at radius 1 is 1.04 bits per heavy atom. The molecule has 0 atom stereocenters. The van der Waals surface area contributed by atoms with Crippen molar-refractivity contribution in [2.45, 2.75) is 46.0 Å². The molecule has 1 amide bonds. The molecule has 0 radical (unpaired) electrons. The second-order valence-electron chi connectivity index (χ2n) is 6.56. The van der Waals surface area contributed by atoms with Crippen molar-refractivity contribution in [2.75, 3.05) is 11.9 Å². The van der Waals surface area contributed by atoms with E-state index in [1.165, 1.54) is 25.7 Å². The quantitative estimate of drug-likeness (QED) is 0.444. The maximum Gasteiger partial charge on any atom is 0.257 e. The number of unbranched alkanes of at least 4 members (excludes halogenated alkanes) is 4. The minimum atomic E-state index is -0.244. The van der Waals surface area contributed by atoms with E-state index >= 15 is 0 Å². The number of ether oxygens (including phenoxy) is 1. The third-order valence-corrected chi connectivity index (χ3v) is 4.34. The molecule has 0 spiro atoms. The summed E-state index contributed by atoms with van der Waals surface area (Å²) in [6.45, 7) is 4.92. The SMILES string of the molecule is CCCCCCCOc1ccc(C(=O)NC(=S)Nc2cccc(C)c2)cc1. The van der Waals surface area contributed by atoms with Crippen LogP contribution >= 0.6 is 12.2 Å². The Labute approximate surface area is 167 Å². The largest absolute Gasteiger partial charge is 0.494 e. The first-order chi connectivity index (χ1) is 13.1. The summed E-state index contributed by atoms with van der Waals surface area (Å²) >= 11 is 5.21. The highest BCUT2D eigenvalue weighted by Gasteiger charge is 2.08. The number of aryl methyl sites for hydroxylation is 1. The van der Waals surface area contributed by atoms with E-state index < -0.39 is 0 Å². The summed E-state index contributed by atoms with van der Waals surface area (Å²) in [6.07, 6.45) is 6.04. The van der Waals surface area contributed by atoms with Crippen molar-refractivity contribution < 1.29 is 9.53 Å². The van der Waals surface area contributed by atoms with Crippen LogP contribution in [0.15, 0.2) is 48.5 Å². The van der Waals surface area contributed by atoms with Gasteiger partial charge < -0.3 is 10.1 Å². The van der Waals surface area contributed by atoms with Gasteiger partial charge in [-0.15, -0.1) is 0 Å². The topological polar surface area (TPSA) is 50.4 Å². The van der Waals surface area contributed by atoms with Crippen molar-refractivity contribution in [3.05, 3.63) is 59.7 Å².